The summed E-state index contributed by atoms with van der Waals surface area (Å²) < 4.78 is 42.3. The molecule has 7 heteroatoms. The fraction of sp³-hybridized carbons (Fsp3) is 0.300. The van der Waals surface area contributed by atoms with Gasteiger partial charge in [-0.2, -0.15) is 13.2 Å². The molecular weight excluding hydrogens is 303 g/mol. The monoisotopic (exact) mass is 311 g/mol. The Labute approximate surface area is 104 Å². The van der Waals surface area contributed by atoms with E-state index in [2.05, 4.69) is 15.9 Å². The molecule has 94 valence electrons. The van der Waals surface area contributed by atoms with Gasteiger partial charge < -0.3 is 10.5 Å². The molecule has 3 nitrogen and oxygen atoms in total. The predicted octanol–water partition coefficient (Wildman–Crippen LogP) is 2.62. The van der Waals surface area contributed by atoms with Crippen LogP contribution in [0.2, 0.25) is 0 Å². The second-order valence-electron chi connectivity index (χ2n) is 3.16. The van der Waals surface area contributed by atoms with E-state index in [9.17, 15) is 18.0 Å². The number of hydrogen-bond donors (Lipinski definition) is 1. The molecule has 0 aliphatic rings. The lowest BCUT2D eigenvalue weighted by Gasteiger charge is -2.13. The third-order valence-electron chi connectivity index (χ3n) is 2.07. The first-order valence-corrected chi connectivity index (χ1v) is 5.28. The molecule has 0 radical (unpaired) electrons. The standard InChI is InChI=1S/C10H9BrF3NO2/c1-17-8-3-5(10(12,13)14)2-6(11)9(8)7(16)4-15/h2-3H,4,15H2,1H3. The van der Waals surface area contributed by atoms with Crippen LogP contribution >= 0.6 is 15.9 Å². The lowest BCUT2D eigenvalue weighted by Crippen LogP contribution is -2.16. The van der Waals surface area contributed by atoms with Crippen LogP contribution in [0.3, 0.4) is 0 Å². The molecule has 0 aliphatic heterocycles. The number of ketones is 1. The highest BCUT2D eigenvalue weighted by molar-refractivity contribution is 9.10. The summed E-state index contributed by atoms with van der Waals surface area (Å²) in [5.74, 6) is -0.649. The quantitative estimate of drug-likeness (QED) is 0.873. The summed E-state index contributed by atoms with van der Waals surface area (Å²) in [6.45, 7) is -0.305. The second-order valence-corrected chi connectivity index (χ2v) is 4.01. The number of benzene rings is 1. The highest BCUT2D eigenvalue weighted by Gasteiger charge is 2.33. The van der Waals surface area contributed by atoms with Crippen molar-refractivity contribution in [2.45, 2.75) is 6.18 Å². The van der Waals surface area contributed by atoms with Crippen LogP contribution in [0.1, 0.15) is 15.9 Å². The van der Waals surface area contributed by atoms with Gasteiger partial charge in [0.05, 0.1) is 24.8 Å². The molecule has 0 saturated carbocycles. The Balaban J connectivity index is 3.41. The Morgan fingerprint density at radius 3 is 2.47 bits per heavy atom. The largest absolute Gasteiger partial charge is 0.496 e. The Kier molecular flexibility index (Phi) is 4.16. The zero-order valence-electron chi connectivity index (χ0n) is 8.77. The molecule has 2 N–H and O–H groups in total. The molecule has 0 spiro atoms. The van der Waals surface area contributed by atoms with Gasteiger partial charge in [0.15, 0.2) is 5.78 Å². The van der Waals surface area contributed by atoms with Crippen LogP contribution in [-0.2, 0) is 6.18 Å². The Bertz CT molecular complexity index is 446. The Morgan fingerprint density at radius 1 is 1.47 bits per heavy atom. The molecule has 1 rings (SSSR count). The summed E-state index contributed by atoms with van der Waals surface area (Å²) in [6, 6.07) is 1.60. The van der Waals surface area contributed by atoms with Crippen molar-refractivity contribution in [3.8, 4) is 5.75 Å². The zero-order chi connectivity index (χ0) is 13.2. The highest BCUT2D eigenvalue weighted by Crippen LogP contribution is 2.37. The van der Waals surface area contributed by atoms with E-state index < -0.39 is 17.5 Å². The number of methoxy groups -OCH3 is 1. The molecule has 0 aromatic heterocycles. The minimum absolute atomic E-state index is 0.0135. The van der Waals surface area contributed by atoms with Crippen LogP contribution in [0.25, 0.3) is 0 Å². The summed E-state index contributed by atoms with van der Waals surface area (Å²) in [5.41, 5.74) is 4.30. The molecule has 0 saturated heterocycles. The number of carbonyl (C=O) groups is 1. The van der Waals surface area contributed by atoms with E-state index in [4.69, 9.17) is 10.5 Å². The van der Waals surface area contributed by atoms with E-state index in [1.807, 2.05) is 0 Å². The van der Waals surface area contributed by atoms with E-state index in [1.54, 1.807) is 0 Å². The van der Waals surface area contributed by atoms with Gasteiger partial charge in [-0.15, -0.1) is 0 Å². The van der Waals surface area contributed by atoms with Crippen LogP contribution in [0.5, 0.6) is 5.75 Å². The molecule has 0 atom stereocenters. The molecule has 0 aliphatic carbocycles. The summed E-state index contributed by atoms with van der Waals surface area (Å²) in [4.78, 5) is 11.5. The van der Waals surface area contributed by atoms with Gasteiger partial charge in [0.1, 0.15) is 5.75 Å². The minimum atomic E-state index is -4.50. The average molecular weight is 312 g/mol. The number of nitrogens with two attached hydrogens (primary N) is 1. The van der Waals surface area contributed by atoms with Crippen molar-refractivity contribution in [2.24, 2.45) is 5.73 Å². The van der Waals surface area contributed by atoms with Crippen molar-refractivity contribution in [3.63, 3.8) is 0 Å². The topological polar surface area (TPSA) is 52.3 Å². The molecule has 0 heterocycles. The SMILES string of the molecule is COc1cc(C(F)(F)F)cc(Br)c1C(=O)CN. The van der Waals surface area contributed by atoms with E-state index >= 15 is 0 Å². The van der Waals surface area contributed by atoms with Gasteiger partial charge in [-0.25, -0.2) is 0 Å². The molecule has 0 bridgehead atoms. The van der Waals surface area contributed by atoms with Crippen molar-refractivity contribution in [1.29, 1.82) is 0 Å². The van der Waals surface area contributed by atoms with Crippen molar-refractivity contribution in [3.05, 3.63) is 27.7 Å². The van der Waals surface area contributed by atoms with Crippen molar-refractivity contribution >= 4 is 21.7 Å². The van der Waals surface area contributed by atoms with Crippen molar-refractivity contribution in [1.82, 2.24) is 0 Å². The first-order chi connectivity index (χ1) is 7.81. The number of ether oxygens (including phenoxy) is 1. The molecule has 1 aromatic rings. The van der Waals surface area contributed by atoms with Gasteiger partial charge in [0, 0.05) is 4.47 Å². The second kappa shape index (κ2) is 5.05. The fourth-order valence-electron chi connectivity index (χ4n) is 1.28. The first-order valence-electron chi connectivity index (χ1n) is 4.49. The van der Waals surface area contributed by atoms with Crippen LogP contribution < -0.4 is 10.5 Å². The molecular formula is C10H9BrF3NO2. The zero-order valence-corrected chi connectivity index (χ0v) is 10.4. The lowest BCUT2D eigenvalue weighted by atomic mass is 10.1. The van der Waals surface area contributed by atoms with E-state index in [0.717, 1.165) is 12.1 Å². The smallest absolute Gasteiger partial charge is 0.416 e. The maximum absolute atomic E-state index is 12.5. The van der Waals surface area contributed by atoms with Crippen molar-refractivity contribution in [2.75, 3.05) is 13.7 Å². The number of hydrogen-bond acceptors (Lipinski definition) is 3. The summed E-state index contributed by atoms with van der Waals surface area (Å²) in [6.07, 6.45) is -4.50. The van der Waals surface area contributed by atoms with Gasteiger partial charge in [-0.05, 0) is 28.1 Å². The maximum Gasteiger partial charge on any atom is 0.416 e. The predicted molar refractivity (Wildman–Crippen MR) is 59.1 cm³/mol. The molecule has 1 aromatic carbocycles. The van der Waals surface area contributed by atoms with Gasteiger partial charge in [-0.3, -0.25) is 4.79 Å². The molecule has 17 heavy (non-hydrogen) atoms. The van der Waals surface area contributed by atoms with Crippen molar-refractivity contribution < 1.29 is 22.7 Å². The van der Waals surface area contributed by atoms with Gasteiger partial charge in [0.2, 0.25) is 0 Å². The average Bonchev–Trinajstić information content (AvgIpc) is 2.25. The summed E-state index contributed by atoms with van der Waals surface area (Å²) in [7, 11) is 1.19. The third-order valence-corrected chi connectivity index (χ3v) is 2.69. The number of rotatable bonds is 3. The molecule has 0 unspecified atom stereocenters. The minimum Gasteiger partial charge on any atom is -0.496 e. The van der Waals surface area contributed by atoms with E-state index in [1.165, 1.54) is 7.11 Å². The fourth-order valence-corrected chi connectivity index (χ4v) is 1.94. The van der Waals surface area contributed by atoms with Crippen LogP contribution in [0.15, 0.2) is 16.6 Å². The number of Topliss-reactive ketones (excluding diaryl/α,β-unsaturated/α-hetero) is 1. The van der Waals surface area contributed by atoms with Crippen LogP contribution in [0.4, 0.5) is 13.2 Å². The summed E-state index contributed by atoms with van der Waals surface area (Å²) in [5, 5.41) is 0. The lowest BCUT2D eigenvalue weighted by molar-refractivity contribution is -0.137. The third kappa shape index (κ3) is 2.98. The highest BCUT2D eigenvalue weighted by atomic mass is 79.9. The first kappa shape index (κ1) is 14.0. The van der Waals surface area contributed by atoms with Gasteiger partial charge >= 0.3 is 6.18 Å². The Morgan fingerprint density at radius 2 is 2.06 bits per heavy atom. The maximum atomic E-state index is 12.5. The van der Waals surface area contributed by atoms with Gasteiger partial charge in [-0.1, -0.05) is 0 Å². The van der Waals surface area contributed by atoms with Crippen LogP contribution in [0, 0.1) is 0 Å². The Hall–Kier alpha value is -1.08. The van der Waals surface area contributed by atoms with Gasteiger partial charge in [0.25, 0.3) is 0 Å². The summed E-state index contributed by atoms with van der Waals surface area (Å²) >= 11 is 2.92. The number of halogens is 4. The molecule has 0 fully saturated rings. The number of carbonyl (C=O) groups excluding carboxylic acids is 1. The normalized spacial score (nSPS) is 11.4. The van der Waals surface area contributed by atoms with E-state index in [0.29, 0.717) is 0 Å². The van der Waals surface area contributed by atoms with Crippen LogP contribution in [-0.4, -0.2) is 19.4 Å². The molecule has 0 amide bonds. The van der Waals surface area contributed by atoms with E-state index in [-0.39, 0.29) is 22.3 Å². The number of alkyl halides is 3.